The largest absolute Gasteiger partial charge is 0.359 e. The van der Waals surface area contributed by atoms with Gasteiger partial charge in [-0.25, -0.2) is 0 Å². The predicted molar refractivity (Wildman–Crippen MR) is 81.5 cm³/mol. The van der Waals surface area contributed by atoms with Crippen molar-refractivity contribution in [3.63, 3.8) is 0 Å². The molecule has 1 amide bonds. The van der Waals surface area contributed by atoms with Crippen molar-refractivity contribution in [2.75, 3.05) is 6.54 Å². The average Bonchev–Trinajstić information content (AvgIpc) is 3.24. The molecule has 0 N–H and O–H groups in total. The quantitative estimate of drug-likeness (QED) is 0.871. The van der Waals surface area contributed by atoms with Crippen LogP contribution in [0.4, 0.5) is 0 Å². The van der Waals surface area contributed by atoms with Gasteiger partial charge in [0.1, 0.15) is 5.69 Å². The number of likely N-dealkylation sites (tertiary alicyclic amines) is 1. The molecule has 118 valence electrons. The third-order valence-electron chi connectivity index (χ3n) is 4.16. The van der Waals surface area contributed by atoms with Crippen LogP contribution in [0.3, 0.4) is 0 Å². The number of aromatic nitrogens is 3. The van der Waals surface area contributed by atoms with E-state index in [1.165, 1.54) is 0 Å². The fourth-order valence-electron chi connectivity index (χ4n) is 2.84. The molecule has 0 aliphatic carbocycles. The van der Waals surface area contributed by atoms with E-state index in [0.717, 1.165) is 37.4 Å². The normalized spacial score (nSPS) is 18.4. The summed E-state index contributed by atoms with van der Waals surface area (Å²) in [4.78, 5) is 14.5. The maximum atomic E-state index is 12.7. The molecule has 0 bridgehead atoms. The summed E-state index contributed by atoms with van der Waals surface area (Å²) >= 11 is 0. The van der Waals surface area contributed by atoms with Gasteiger partial charge in [0, 0.05) is 25.4 Å². The highest BCUT2D eigenvalue weighted by molar-refractivity contribution is 5.92. The first-order valence-electron chi connectivity index (χ1n) is 7.91. The Morgan fingerprint density at radius 1 is 1.50 bits per heavy atom. The molecule has 1 atom stereocenters. The molecule has 1 fully saturated rings. The summed E-state index contributed by atoms with van der Waals surface area (Å²) in [5, 5.41) is 8.43. The van der Waals surface area contributed by atoms with Gasteiger partial charge in [-0.1, -0.05) is 19.0 Å². The van der Waals surface area contributed by atoms with E-state index in [4.69, 9.17) is 4.52 Å². The van der Waals surface area contributed by atoms with Gasteiger partial charge in [-0.2, -0.15) is 5.10 Å². The average molecular weight is 302 g/mol. The van der Waals surface area contributed by atoms with Crippen molar-refractivity contribution in [3.05, 3.63) is 35.5 Å². The summed E-state index contributed by atoms with van der Waals surface area (Å²) in [5.41, 5.74) is 1.43. The Bertz CT molecular complexity index is 659. The molecular weight excluding hydrogens is 280 g/mol. The number of carbonyl (C=O) groups excluding carboxylic acids is 1. The molecule has 1 saturated heterocycles. The van der Waals surface area contributed by atoms with Gasteiger partial charge in [-0.05, 0) is 31.7 Å². The van der Waals surface area contributed by atoms with Crippen LogP contribution in [-0.2, 0) is 6.54 Å². The molecule has 22 heavy (non-hydrogen) atoms. The number of hydrogen-bond acceptors (Lipinski definition) is 4. The van der Waals surface area contributed by atoms with Gasteiger partial charge < -0.3 is 9.42 Å². The van der Waals surface area contributed by atoms with Crippen molar-refractivity contribution in [3.8, 4) is 0 Å². The number of carbonyl (C=O) groups is 1. The highest BCUT2D eigenvalue weighted by Crippen LogP contribution is 2.34. The van der Waals surface area contributed by atoms with E-state index in [1.807, 2.05) is 24.1 Å². The molecule has 0 unspecified atom stereocenters. The van der Waals surface area contributed by atoms with E-state index in [-0.39, 0.29) is 11.9 Å². The van der Waals surface area contributed by atoms with Crippen molar-refractivity contribution in [2.45, 2.75) is 52.1 Å². The first-order chi connectivity index (χ1) is 10.6. The Balaban J connectivity index is 1.81. The second kappa shape index (κ2) is 5.94. The fraction of sp³-hybridized carbons (Fsp3) is 0.562. The highest BCUT2D eigenvalue weighted by atomic mass is 16.5. The maximum Gasteiger partial charge on any atom is 0.274 e. The van der Waals surface area contributed by atoms with Crippen molar-refractivity contribution in [1.82, 2.24) is 19.8 Å². The summed E-state index contributed by atoms with van der Waals surface area (Å²) < 4.78 is 7.25. The van der Waals surface area contributed by atoms with E-state index in [1.54, 1.807) is 10.7 Å². The first kappa shape index (κ1) is 14.8. The third kappa shape index (κ3) is 2.65. The van der Waals surface area contributed by atoms with Gasteiger partial charge in [-0.3, -0.25) is 9.48 Å². The minimum Gasteiger partial charge on any atom is -0.359 e. The monoisotopic (exact) mass is 302 g/mol. The molecule has 0 spiro atoms. The van der Waals surface area contributed by atoms with Crippen molar-refractivity contribution < 1.29 is 9.32 Å². The second-order valence-corrected chi connectivity index (χ2v) is 6.02. The lowest BCUT2D eigenvalue weighted by Crippen LogP contribution is -2.30. The zero-order chi connectivity index (χ0) is 15.7. The molecule has 3 rings (SSSR count). The molecule has 0 radical (unpaired) electrons. The summed E-state index contributed by atoms with van der Waals surface area (Å²) in [7, 11) is 0. The van der Waals surface area contributed by atoms with E-state index in [9.17, 15) is 4.79 Å². The van der Waals surface area contributed by atoms with Gasteiger partial charge in [0.05, 0.1) is 11.7 Å². The van der Waals surface area contributed by atoms with Gasteiger partial charge in [-0.15, -0.1) is 0 Å². The Morgan fingerprint density at radius 3 is 2.95 bits per heavy atom. The number of rotatable bonds is 4. The molecular formula is C16H22N4O2. The Hall–Kier alpha value is -2.11. The summed E-state index contributed by atoms with van der Waals surface area (Å²) in [5.74, 6) is 1.07. The van der Waals surface area contributed by atoms with Crippen molar-refractivity contribution >= 4 is 5.91 Å². The van der Waals surface area contributed by atoms with Crippen LogP contribution >= 0.6 is 0 Å². The van der Waals surface area contributed by atoms with E-state index >= 15 is 0 Å². The molecule has 6 heteroatoms. The number of nitrogens with zero attached hydrogens (tertiary/aromatic N) is 4. The fourth-order valence-corrected chi connectivity index (χ4v) is 2.84. The van der Waals surface area contributed by atoms with Crippen LogP contribution in [0.1, 0.15) is 67.5 Å². The van der Waals surface area contributed by atoms with E-state index in [0.29, 0.717) is 11.6 Å². The predicted octanol–water partition coefficient (Wildman–Crippen LogP) is 2.99. The van der Waals surface area contributed by atoms with Gasteiger partial charge in [0.25, 0.3) is 5.91 Å². The van der Waals surface area contributed by atoms with E-state index in [2.05, 4.69) is 24.1 Å². The number of amides is 1. The standard InChI is InChI=1S/C16H22N4O2/c1-4-19-9-7-12(17-19)16(21)20-8-5-6-14(20)15-10-13(11(2)3)18-22-15/h7,9-11,14H,4-6,8H2,1-3H3/t14-/m1/s1. The summed E-state index contributed by atoms with van der Waals surface area (Å²) in [6.07, 6.45) is 3.72. The summed E-state index contributed by atoms with van der Waals surface area (Å²) in [6, 6.07) is 3.73. The molecule has 6 nitrogen and oxygen atoms in total. The molecule has 2 aromatic heterocycles. The minimum absolute atomic E-state index is 0.0284. The smallest absolute Gasteiger partial charge is 0.274 e. The molecule has 0 aromatic carbocycles. The van der Waals surface area contributed by atoms with Crippen LogP contribution < -0.4 is 0 Å². The molecule has 2 aromatic rings. The van der Waals surface area contributed by atoms with Crippen LogP contribution in [0.5, 0.6) is 0 Å². The third-order valence-corrected chi connectivity index (χ3v) is 4.16. The lowest BCUT2D eigenvalue weighted by Gasteiger charge is -2.21. The van der Waals surface area contributed by atoms with Gasteiger partial charge in [0.2, 0.25) is 0 Å². The lowest BCUT2D eigenvalue weighted by atomic mass is 10.1. The van der Waals surface area contributed by atoms with E-state index < -0.39 is 0 Å². The Kier molecular flexibility index (Phi) is 4.00. The van der Waals surface area contributed by atoms with Crippen LogP contribution in [0.15, 0.2) is 22.9 Å². The van der Waals surface area contributed by atoms with Gasteiger partial charge in [0.15, 0.2) is 5.76 Å². The highest BCUT2D eigenvalue weighted by Gasteiger charge is 2.34. The lowest BCUT2D eigenvalue weighted by molar-refractivity contribution is 0.0707. The van der Waals surface area contributed by atoms with Crippen LogP contribution in [0.25, 0.3) is 0 Å². The number of hydrogen-bond donors (Lipinski definition) is 0. The Labute approximate surface area is 130 Å². The summed E-state index contributed by atoms with van der Waals surface area (Å²) in [6.45, 7) is 7.66. The van der Waals surface area contributed by atoms with Crippen molar-refractivity contribution in [2.24, 2.45) is 0 Å². The second-order valence-electron chi connectivity index (χ2n) is 6.02. The minimum atomic E-state index is -0.0304. The number of aryl methyl sites for hydroxylation is 1. The maximum absolute atomic E-state index is 12.7. The Morgan fingerprint density at radius 2 is 2.32 bits per heavy atom. The molecule has 1 aliphatic heterocycles. The zero-order valence-corrected chi connectivity index (χ0v) is 13.3. The van der Waals surface area contributed by atoms with Crippen LogP contribution in [0.2, 0.25) is 0 Å². The molecule has 0 saturated carbocycles. The molecule has 1 aliphatic rings. The molecule has 3 heterocycles. The van der Waals surface area contributed by atoms with Crippen LogP contribution in [-0.4, -0.2) is 32.3 Å². The van der Waals surface area contributed by atoms with Crippen molar-refractivity contribution in [1.29, 1.82) is 0 Å². The topological polar surface area (TPSA) is 64.2 Å². The van der Waals surface area contributed by atoms with Gasteiger partial charge >= 0.3 is 0 Å². The first-order valence-corrected chi connectivity index (χ1v) is 7.91. The SMILES string of the molecule is CCn1ccc(C(=O)N2CCC[C@@H]2c2cc(C(C)C)no2)n1. The van der Waals surface area contributed by atoms with Crippen LogP contribution in [0, 0.1) is 0 Å². The zero-order valence-electron chi connectivity index (χ0n) is 13.3.